The monoisotopic (exact) mass is 512 g/mol. The molecule has 9 nitrogen and oxygen atoms in total. The van der Waals surface area contributed by atoms with Crippen LogP contribution in [0.25, 0.3) is 0 Å². The summed E-state index contributed by atoms with van der Waals surface area (Å²) in [5, 5.41) is 16.4. The molecule has 2 aromatic heterocycles. The van der Waals surface area contributed by atoms with E-state index in [1.54, 1.807) is 19.2 Å². The summed E-state index contributed by atoms with van der Waals surface area (Å²) in [6, 6.07) is 5.35. The van der Waals surface area contributed by atoms with Gasteiger partial charge in [-0.2, -0.15) is 10.1 Å². The molecule has 1 aliphatic heterocycles. The number of nitrogens with zero attached hydrogens (tertiary/aromatic N) is 4. The maximum absolute atomic E-state index is 15.1. The molecule has 2 fully saturated rings. The van der Waals surface area contributed by atoms with Gasteiger partial charge in [-0.25, -0.2) is 9.37 Å². The molecule has 0 radical (unpaired) electrons. The Kier molecular flexibility index (Phi) is 7.06. The lowest BCUT2D eigenvalue weighted by Gasteiger charge is -2.32. The van der Waals surface area contributed by atoms with Gasteiger partial charge in [0, 0.05) is 24.7 Å². The molecule has 1 saturated heterocycles. The van der Waals surface area contributed by atoms with Gasteiger partial charge < -0.3 is 16.0 Å². The van der Waals surface area contributed by atoms with Crippen molar-refractivity contribution < 1.29 is 9.18 Å². The third kappa shape index (κ3) is 5.60. The normalized spacial score (nSPS) is 16.7. The van der Waals surface area contributed by atoms with Crippen molar-refractivity contribution in [3.05, 3.63) is 52.1 Å². The van der Waals surface area contributed by atoms with Gasteiger partial charge in [0.05, 0.1) is 18.4 Å². The van der Waals surface area contributed by atoms with Gasteiger partial charge in [-0.05, 0) is 74.9 Å². The largest absolute Gasteiger partial charge is 0.358 e. The average molecular weight is 513 g/mol. The van der Waals surface area contributed by atoms with Crippen LogP contribution in [-0.2, 0) is 4.79 Å². The predicted molar refractivity (Wildman–Crippen MR) is 138 cm³/mol. The summed E-state index contributed by atoms with van der Waals surface area (Å²) in [4.78, 5) is 22.4. The fourth-order valence-electron chi connectivity index (χ4n) is 4.68. The second kappa shape index (κ2) is 10.4. The van der Waals surface area contributed by atoms with E-state index >= 15 is 4.39 Å². The Morgan fingerprint density at radius 1 is 1.17 bits per heavy atom. The van der Waals surface area contributed by atoms with Gasteiger partial charge in [0.2, 0.25) is 11.9 Å². The van der Waals surface area contributed by atoms with Crippen molar-refractivity contribution in [1.82, 2.24) is 30.4 Å². The average Bonchev–Trinajstić information content (AvgIpc) is 3.62. The highest BCUT2D eigenvalue weighted by Crippen LogP contribution is 2.40. The Labute approximate surface area is 214 Å². The van der Waals surface area contributed by atoms with Gasteiger partial charge in [0.15, 0.2) is 11.6 Å². The van der Waals surface area contributed by atoms with Gasteiger partial charge in [0.1, 0.15) is 10.8 Å². The van der Waals surface area contributed by atoms with Crippen LogP contribution in [0, 0.1) is 12.7 Å². The summed E-state index contributed by atoms with van der Waals surface area (Å²) >= 11 is 6.29. The van der Waals surface area contributed by atoms with Crippen LogP contribution in [0.15, 0.2) is 24.4 Å². The lowest BCUT2D eigenvalue weighted by Crippen LogP contribution is -2.40. The maximum Gasteiger partial charge on any atom is 0.233 e. The number of nitrogens with one attached hydrogen (secondary N) is 4. The molecule has 0 unspecified atom stereocenters. The second-order valence-electron chi connectivity index (χ2n) is 9.54. The summed E-state index contributed by atoms with van der Waals surface area (Å²) in [6.45, 7) is 4.01. The number of aryl methyl sites for hydroxylation is 1. The number of carbonyl (C=O) groups excluding carboxylic acids is 1. The summed E-state index contributed by atoms with van der Waals surface area (Å²) in [7, 11) is 1.65. The Balaban J connectivity index is 1.26. The number of amides is 1. The molecule has 0 spiro atoms. The fraction of sp³-hybridized carbons (Fsp3) is 0.440. The first-order chi connectivity index (χ1) is 17.4. The lowest BCUT2D eigenvalue weighted by molar-refractivity contribution is -0.122. The van der Waals surface area contributed by atoms with Gasteiger partial charge in [-0.3, -0.25) is 14.8 Å². The van der Waals surface area contributed by atoms with Crippen LogP contribution in [0.3, 0.4) is 0 Å². The van der Waals surface area contributed by atoms with Gasteiger partial charge in [-0.1, -0.05) is 11.6 Å². The molecule has 0 atom stereocenters. The molecular formula is C25H30ClFN8O. The fourth-order valence-corrected chi connectivity index (χ4v) is 4.82. The van der Waals surface area contributed by atoms with Crippen molar-refractivity contribution in [3.8, 4) is 0 Å². The number of H-pyrrole nitrogens is 1. The SMILES string of the molecule is CNC(=O)CN1CCC(c2cc(F)c(Nc3ncc(Cl)c(Nc4cc(C5CC5)[nH]n4)n3)cc2C)CC1. The summed E-state index contributed by atoms with van der Waals surface area (Å²) < 4.78 is 15.1. The number of halogens is 2. The number of hydrogen-bond acceptors (Lipinski definition) is 7. The van der Waals surface area contributed by atoms with Gasteiger partial charge >= 0.3 is 0 Å². The van der Waals surface area contributed by atoms with E-state index < -0.39 is 0 Å². The van der Waals surface area contributed by atoms with E-state index in [4.69, 9.17) is 11.6 Å². The lowest BCUT2D eigenvalue weighted by atomic mass is 9.86. The molecule has 2 aliphatic rings. The first-order valence-electron chi connectivity index (χ1n) is 12.2. The zero-order chi connectivity index (χ0) is 25.2. The van der Waals surface area contributed by atoms with E-state index in [0.717, 1.165) is 42.8 Å². The van der Waals surface area contributed by atoms with Crippen molar-refractivity contribution in [2.24, 2.45) is 0 Å². The Bertz CT molecular complexity index is 1250. The highest BCUT2D eigenvalue weighted by atomic mass is 35.5. The minimum Gasteiger partial charge on any atom is -0.358 e. The number of anilines is 4. The third-order valence-electron chi connectivity index (χ3n) is 6.88. The highest BCUT2D eigenvalue weighted by molar-refractivity contribution is 6.32. The van der Waals surface area contributed by atoms with Crippen LogP contribution in [0.5, 0.6) is 0 Å². The number of hydrogen-bond donors (Lipinski definition) is 4. The topological polar surface area (TPSA) is 111 Å². The van der Waals surface area contributed by atoms with E-state index in [-0.39, 0.29) is 23.6 Å². The smallest absolute Gasteiger partial charge is 0.233 e. The Morgan fingerprint density at radius 3 is 2.67 bits per heavy atom. The summed E-state index contributed by atoms with van der Waals surface area (Å²) in [6.07, 6.45) is 5.58. The van der Waals surface area contributed by atoms with Crippen molar-refractivity contribution in [2.45, 2.75) is 44.4 Å². The first kappa shape index (κ1) is 24.5. The van der Waals surface area contributed by atoms with Crippen molar-refractivity contribution in [1.29, 1.82) is 0 Å². The van der Waals surface area contributed by atoms with Crippen molar-refractivity contribution in [2.75, 3.05) is 37.3 Å². The molecule has 1 amide bonds. The van der Waals surface area contributed by atoms with E-state index in [1.165, 1.54) is 19.0 Å². The minimum atomic E-state index is -0.363. The molecule has 11 heteroatoms. The Morgan fingerprint density at radius 2 is 1.94 bits per heavy atom. The molecule has 36 heavy (non-hydrogen) atoms. The summed E-state index contributed by atoms with van der Waals surface area (Å²) in [5.74, 6) is 1.70. The highest BCUT2D eigenvalue weighted by Gasteiger charge is 2.26. The molecule has 1 saturated carbocycles. The number of carbonyl (C=O) groups is 1. The number of rotatable bonds is 8. The van der Waals surface area contributed by atoms with Crippen molar-refractivity contribution in [3.63, 3.8) is 0 Å². The van der Waals surface area contributed by atoms with Crippen LogP contribution < -0.4 is 16.0 Å². The molecule has 190 valence electrons. The number of piperidine rings is 1. The molecule has 5 rings (SSSR count). The third-order valence-corrected chi connectivity index (χ3v) is 7.16. The quantitative estimate of drug-likeness (QED) is 0.349. The van der Waals surface area contributed by atoms with Crippen LogP contribution in [0.2, 0.25) is 5.02 Å². The molecule has 3 heterocycles. The molecule has 4 N–H and O–H groups in total. The number of benzene rings is 1. The van der Waals surface area contributed by atoms with Crippen LogP contribution in [-0.4, -0.2) is 57.7 Å². The number of likely N-dealkylation sites (N-methyl/N-ethyl adjacent to an activating group) is 1. The van der Waals surface area contributed by atoms with Gasteiger partial charge in [0.25, 0.3) is 0 Å². The number of likely N-dealkylation sites (tertiary alicyclic amines) is 1. The maximum atomic E-state index is 15.1. The van der Waals surface area contributed by atoms with Gasteiger partial charge in [-0.15, -0.1) is 0 Å². The number of aromatic nitrogens is 4. The standard InChI is InChI=1S/C25H30ClFN8O/c1-14-9-21(19(27)10-17(14)15-5-7-35(8-6-15)13-23(36)28-2)30-25-29-12-18(26)24(32-25)31-22-11-20(33-34-22)16-3-4-16/h9-12,15-16H,3-8,13H2,1-2H3,(H,28,36)(H3,29,30,31,32,33,34). The zero-order valence-corrected chi connectivity index (χ0v) is 21.1. The second-order valence-corrected chi connectivity index (χ2v) is 9.94. The molecular weight excluding hydrogens is 483 g/mol. The van der Waals surface area contributed by atoms with Crippen LogP contribution in [0.4, 0.5) is 27.7 Å². The minimum absolute atomic E-state index is 0.0150. The molecule has 0 bridgehead atoms. The van der Waals surface area contributed by atoms with Crippen molar-refractivity contribution >= 4 is 40.8 Å². The predicted octanol–water partition coefficient (Wildman–Crippen LogP) is 4.59. The molecule has 1 aliphatic carbocycles. The van der Waals surface area contributed by atoms with Crippen LogP contribution >= 0.6 is 11.6 Å². The summed E-state index contributed by atoms with van der Waals surface area (Å²) in [5.41, 5.74) is 3.40. The molecule has 1 aromatic carbocycles. The van der Waals surface area contributed by atoms with E-state index in [1.807, 2.05) is 13.0 Å². The Hall–Kier alpha value is -3.24. The molecule has 3 aromatic rings. The van der Waals surface area contributed by atoms with Crippen LogP contribution in [0.1, 0.15) is 54.3 Å². The van der Waals surface area contributed by atoms with E-state index in [0.29, 0.717) is 34.8 Å². The van der Waals surface area contributed by atoms with E-state index in [2.05, 4.69) is 41.0 Å². The first-order valence-corrected chi connectivity index (χ1v) is 12.6. The number of aromatic amines is 1. The van der Waals surface area contributed by atoms with E-state index in [9.17, 15) is 4.79 Å². The zero-order valence-electron chi connectivity index (χ0n) is 20.4.